The van der Waals surface area contributed by atoms with Gasteiger partial charge in [0.1, 0.15) is 0 Å². The van der Waals surface area contributed by atoms with Crippen LogP contribution in [-0.2, 0) is 4.43 Å². The van der Waals surface area contributed by atoms with Crippen LogP contribution in [0.25, 0.3) is 0 Å². The van der Waals surface area contributed by atoms with E-state index < -0.39 is 8.32 Å². The second kappa shape index (κ2) is 11.8. The molecule has 3 aromatic rings. The van der Waals surface area contributed by atoms with Crippen molar-refractivity contribution in [1.29, 1.82) is 0 Å². The van der Waals surface area contributed by atoms with Crippen LogP contribution in [-0.4, -0.2) is 12.9 Å². The van der Waals surface area contributed by atoms with Crippen molar-refractivity contribution in [2.24, 2.45) is 0 Å². The molecule has 0 heterocycles. The summed E-state index contributed by atoms with van der Waals surface area (Å²) in [6.07, 6.45) is 0.937. The van der Waals surface area contributed by atoms with Crippen molar-refractivity contribution in [1.82, 2.24) is 0 Å². The van der Waals surface area contributed by atoms with Gasteiger partial charge in [-0.15, -0.1) is 30.1 Å². The third-order valence-electron chi connectivity index (χ3n) is 4.85. The Labute approximate surface area is 197 Å². The average Bonchev–Trinajstić information content (AvgIpc) is 2.74. The first kappa shape index (κ1) is 23.9. The number of hydrogen-bond donors (Lipinski definition) is 0. The lowest BCUT2D eigenvalue weighted by Gasteiger charge is -2.32. The monoisotopic (exact) mass is 464 g/mol. The quantitative estimate of drug-likeness (QED) is 0.121. The molecule has 0 bridgehead atoms. The van der Waals surface area contributed by atoms with Gasteiger partial charge < -0.3 is 4.43 Å². The van der Waals surface area contributed by atoms with Crippen LogP contribution in [0, 0.1) is 0 Å². The summed E-state index contributed by atoms with van der Waals surface area (Å²) < 4.78 is 7.29. The Morgan fingerprint density at radius 2 is 1.26 bits per heavy atom. The van der Waals surface area contributed by atoms with Gasteiger partial charge in [-0.05, 0) is 62.3 Å². The van der Waals surface area contributed by atoms with Crippen molar-refractivity contribution in [3.63, 3.8) is 0 Å². The molecule has 0 saturated heterocycles. The predicted octanol–water partition coefficient (Wildman–Crippen LogP) is 8.83. The first-order chi connectivity index (χ1) is 14.9. The zero-order valence-electron chi connectivity index (χ0n) is 18.7. The molecule has 4 heteroatoms. The molecule has 0 spiro atoms. The van der Waals surface area contributed by atoms with E-state index in [4.69, 9.17) is 4.43 Å². The minimum Gasteiger partial charge on any atom is -0.410 e. The summed E-state index contributed by atoms with van der Waals surface area (Å²) in [7, 11) is -1.97. The lowest BCUT2D eigenvalue weighted by atomic mass is 10.0. The molecule has 0 radical (unpaired) electrons. The van der Waals surface area contributed by atoms with E-state index in [0.717, 1.165) is 18.0 Å². The van der Waals surface area contributed by atoms with E-state index in [1.807, 2.05) is 23.5 Å². The summed E-state index contributed by atoms with van der Waals surface area (Å²) in [5.41, 5.74) is 2.40. The molecule has 0 aromatic heterocycles. The Morgan fingerprint density at radius 3 is 1.71 bits per heavy atom. The Kier molecular flexibility index (Phi) is 9.09. The molecule has 0 amide bonds. The van der Waals surface area contributed by atoms with Crippen molar-refractivity contribution >= 4 is 31.8 Å². The van der Waals surface area contributed by atoms with Gasteiger partial charge in [0.2, 0.25) is 0 Å². The van der Waals surface area contributed by atoms with E-state index >= 15 is 0 Å². The smallest absolute Gasteiger partial charge is 0.189 e. The lowest BCUT2D eigenvalue weighted by molar-refractivity contribution is 0.195. The van der Waals surface area contributed by atoms with Gasteiger partial charge in [-0.25, -0.2) is 0 Å². The van der Waals surface area contributed by atoms with Crippen LogP contribution in [0.4, 0.5) is 0 Å². The summed E-state index contributed by atoms with van der Waals surface area (Å²) in [6.45, 7) is 10.9. The third-order valence-corrected chi connectivity index (χ3v) is 10.3. The molecule has 0 aliphatic carbocycles. The largest absolute Gasteiger partial charge is 0.410 e. The first-order valence-corrected chi connectivity index (χ1v) is 15.6. The molecule has 3 rings (SSSR count). The van der Waals surface area contributed by atoms with Crippen LogP contribution in [0.2, 0.25) is 19.1 Å². The highest BCUT2D eigenvalue weighted by molar-refractivity contribution is 8.17. The van der Waals surface area contributed by atoms with Crippen molar-refractivity contribution in [3.8, 4) is 0 Å². The zero-order chi connectivity index (χ0) is 22.1. The second-order valence-electron chi connectivity index (χ2n) is 8.43. The standard InChI is InChI=1S/C27H32OS2Si/c1-22(2)20-26(23-14-8-5-9-15-23)28-31(3,4)21-27(29-24-16-10-6-11-17-24)30-25-18-12-7-13-19-25/h5-19,26-27H,1,20-21H2,2-4H3. The minimum atomic E-state index is -1.97. The maximum Gasteiger partial charge on any atom is 0.189 e. The summed E-state index contributed by atoms with van der Waals surface area (Å²) in [5.74, 6) is 0. The molecule has 0 saturated carbocycles. The minimum absolute atomic E-state index is 0.0736. The second-order valence-corrected chi connectivity index (χ2v) is 15.4. The topological polar surface area (TPSA) is 9.23 Å². The fourth-order valence-electron chi connectivity index (χ4n) is 3.46. The zero-order valence-corrected chi connectivity index (χ0v) is 21.3. The maximum absolute atomic E-state index is 6.89. The van der Waals surface area contributed by atoms with Crippen molar-refractivity contribution in [2.45, 2.75) is 53.0 Å². The number of hydrogen-bond acceptors (Lipinski definition) is 3. The van der Waals surface area contributed by atoms with Crippen molar-refractivity contribution in [3.05, 3.63) is 109 Å². The van der Waals surface area contributed by atoms with Crippen LogP contribution in [0.15, 0.2) is 113 Å². The average molecular weight is 465 g/mol. The fraction of sp³-hybridized carbons (Fsp3) is 0.259. The molecule has 0 fully saturated rings. The highest BCUT2D eigenvalue weighted by Crippen LogP contribution is 2.41. The first-order valence-electron chi connectivity index (χ1n) is 10.7. The maximum atomic E-state index is 6.89. The molecule has 0 N–H and O–H groups in total. The SMILES string of the molecule is C=C(C)CC(O[Si](C)(C)CC(Sc1ccccc1)Sc1ccccc1)c1ccccc1. The third kappa shape index (κ3) is 8.38. The van der Waals surface area contributed by atoms with Crippen LogP contribution in [0.5, 0.6) is 0 Å². The molecule has 162 valence electrons. The number of thioether (sulfide) groups is 2. The Balaban J connectivity index is 1.77. The Morgan fingerprint density at radius 1 is 0.806 bits per heavy atom. The highest BCUT2D eigenvalue weighted by atomic mass is 32.2. The number of rotatable bonds is 11. The normalized spacial score (nSPS) is 12.6. The Hall–Kier alpha value is -1.72. The molecule has 1 nitrogen and oxygen atoms in total. The Bertz CT molecular complexity index is 888. The van der Waals surface area contributed by atoms with Gasteiger partial charge in [0.25, 0.3) is 0 Å². The highest BCUT2D eigenvalue weighted by Gasteiger charge is 2.32. The molecule has 1 unspecified atom stereocenters. The molecule has 3 aromatic carbocycles. The molecule has 31 heavy (non-hydrogen) atoms. The predicted molar refractivity (Wildman–Crippen MR) is 140 cm³/mol. The lowest BCUT2D eigenvalue weighted by Crippen LogP contribution is -2.35. The molecule has 0 aliphatic rings. The van der Waals surface area contributed by atoms with Crippen LogP contribution in [0.1, 0.15) is 25.0 Å². The molecule has 1 atom stereocenters. The van der Waals surface area contributed by atoms with E-state index in [1.165, 1.54) is 15.4 Å². The van der Waals surface area contributed by atoms with Gasteiger partial charge >= 0.3 is 0 Å². The van der Waals surface area contributed by atoms with Crippen molar-refractivity contribution in [2.75, 3.05) is 0 Å². The van der Waals surface area contributed by atoms with Gasteiger partial charge in [0.15, 0.2) is 8.32 Å². The van der Waals surface area contributed by atoms with Gasteiger partial charge in [-0.1, -0.05) is 72.3 Å². The summed E-state index contributed by atoms with van der Waals surface area (Å²) in [6, 6.07) is 33.1. The van der Waals surface area contributed by atoms with E-state index in [-0.39, 0.29) is 6.10 Å². The van der Waals surface area contributed by atoms with Gasteiger partial charge in [-0.3, -0.25) is 0 Å². The van der Waals surface area contributed by atoms with Crippen LogP contribution >= 0.6 is 23.5 Å². The van der Waals surface area contributed by atoms with Crippen LogP contribution < -0.4 is 0 Å². The van der Waals surface area contributed by atoms with Gasteiger partial charge in [0.05, 0.1) is 10.7 Å². The summed E-state index contributed by atoms with van der Waals surface area (Å²) in [5, 5.41) is 0. The molecule has 0 aliphatic heterocycles. The van der Waals surface area contributed by atoms with E-state index in [0.29, 0.717) is 4.58 Å². The fourth-order valence-corrected chi connectivity index (χ4v) is 10.5. The van der Waals surface area contributed by atoms with Gasteiger partial charge in [0, 0.05) is 9.79 Å². The molecular weight excluding hydrogens is 433 g/mol. The summed E-state index contributed by atoms with van der Waals surface area (Å²) >= 11 is 3.89. The summed E-state index contributed by atoms with van der Waals surface area (Å²) in [4.78, 5) is 2.62. The van der Waals surface area contributed by atoms with E-state index in [9.17, 15) is 0 Å². The van der Waals surface area contributed by atoms with Crippen LogP contribution in [0.3, 0.4) is 0 Å². The number of benzene rings is 3. The van der Waals surface area contributed by atoms with E-state index in [1.54, 1.807) is 0 Å². The molecular formula is C27H32OS2Si. The van der Waals surface area contributed by atoms with E-state index in [2.05, 4.69) is 118 Å². The van der Waals surface area contributed by atoms with Gasteiger partial charge in [-0.2, -0.15) is 0 Å². The van der Waals surface area contributed by atoms with Crippen molar-refractivity contribution < 1.29 is 4.43 Å².